The summed E-state index contributed by atoms with van der Waals surface area (Å²) in [6, 6.07) is 0.423. The highest BCUT2D eigenvalue weighted by Crippen LogP contribution is 2.38. The van der Waals surface area contributed by atoms with Gasteiger partial charge in [0.2, 0.25) is 11.8 Å². The van der Waals surface area contributed by atoms with Crippen molar-refractivity contribution in [1.29, 1.82) is 0 Å². The predicted octanol–water partition coefficient (Wildman–Crippen LogP) is -0.226. The van der Waals surface area contributed by atoms with Crippen LogP contribution in [0.3, 0.4) is 0 Å². The van der Waals surface area contributed by atoms with E-state index in [2.05, 4.69) is 20.1 Å². The third-order valence-electron chi connectivity index (χ3n) is 6.87. The molecular formula is C20H33N7O2. The van der Waals surface area contributed by atoms with Crippen LogP contribution in [0.5, 0.6) is 0 Å². The van der Waals surface area contributed by atoms with Crippen molar-refractivity contribution in [1.82, 2.24) is 29.7 Å². The third-order valence-corrected chi connectivity index (χ3v) is 6.87. The Kier molecular flexibility index (Phi) is 5.87. The van der Waals surface area contributed by atoms with E-state index in [0.717, 1.165) is 44.7 Å². The number of primary amides is 1. The highest BCUT2D eigenvalue weighted by Gasteiger charge is 2.45. The number of aromatic nitrogens is 3. The second kappa shape index (κ2) is 8.39. The minimum Gasteiger partial charge on any atom is -0.369 e. The van der Waals surface area contributed by atoms with Crippen LogP contribution in [0.4, 0.5) is 0 Å². The molecule has 0 aliphatic carbocycles. The van der Waals surface area contributed by atoms with Gasteiger partial charge in [-0.15, -0.1) is 5.10 Å². The van der Waals surface area contributed by atoms with E-state index in [1.807, 2.05) is 29.9 Å². The van der Waals surface area contributed by atoms with Crippen molar-refractivity contribution < 1.29 is 9.59 Å². The molecule has 2 bridgehead atoms. The van der Waals surface area contributed by atoms with Gasteiger partial charge in [0.05, 0.1) is 18.2 Å². The lowest BCUT2D eigenvalue weighted by Crippen LogP contribution is -2.59. The van der Waals surface area contributed by atoms with Gasteiger partial charge in [0, 0.05) is 44.3 Å². The van der Waals surface area contributed by atoms with E-state index < -0.39 is 0 Å². The molecule has 160 valence electrons. The fraction of sp³-hybridized carbons (Fsp3) is 0.800. The van der Waals surface area contributed by atoms with Crippen LogP contribution in [-0.4, -0.2) is 87.8 Å². The van der Waals surface area contributed by atoms with Gasteiger partial charge >= 0.3 is 0 Å². The molecule has 0 radical (unpaired) electrons. The van der Waals surface area contributed by atoms with E-state index >= 15 is 0 Å². The van der Waals surface area contributed by atoms with Crippen LogP contribution in [0, 0.1) is 17.8 Å². The Labute approximate surface area is 172 Å². The van der Waals surface area contributed by atoms with Crippen LogP contribution in [-0.2, 0) is 22.7 Å². The van der Waals surface area contributed by atoms with Crippen LogP contribution < -0.4 is 5.73 Å². The van der Waals surface area contributed by atoms with Gasteiger partial charge in [0.1, 0.15) is 0 Å². The Morgan fingerprint density at radius 2 is 1.97 bits per heavy atom. The SMILES string of the molecule is CN(C)Cc1cn(C[C@H]2CC3CCN2C[C@@H]3C(=O)N2CCC(C(N)=O)CC2)nn1. The number of carbonyl (C=O) groups excluding carboxylic acids is 2. The van der Waals surface area contributed by atoms with E-state index in [9.17, 15) is 9.59 Å². The van der Waals surface area contributed by atoms with Gasteiger partial charge in [-0.2, -0.15) is 0 Å². The molecule has 29 heavy (non-hydrogen) atoms. The molecule has 1 aromatic rings. The van der Waals surface area contributed by atoms with Crippen LogP contribution >= 0.6 is 0 Å². The number of hydrogen-bond donors (Lipinski definition) is 1. The zero-order chi connectivity index (χ0) is 20.5. The fourth-order valence-corrected chi connectivity index (χ4v) is 5.27. The molecule has 9 heteroatoms. The first-order chi connectivity index (χ1) is 13.9. The van der Waals surface area contributed by atoms with Gasteiger partial charge in [-0.05, 0) is 52.2 Å². The number of piperidine rings is 4. The molecule has 5 rings (SSSR count). The summed E-state index contributed by atoms with van der Waals surface area (Å²) in [6.07, 6.45) is 5.57. The highest BCUT2D eigenvalue weighted by molar-refractivity contribution is 5.81. The molecule has 4 saturated heterocycles. The van der Waals surface area contributed by atoms with Crippen molar-refractivity contribution in [2.75, 3.05) is 40.3 Å². The van der Waals surface area contributed by atoms with Crippen LogP contribution in [0.1, 0.15) is 31.4 Å². The molecule has 5 heterocycles. The summed E-state index contributed by atoms with van der Waals surface area (Å²) in [5, 5.41) is 8.56. The van der Waals surface area contributed by atoms with Crippen LogP contribution in [0.25, 0.3) is 0 Å². The lowest BCUT2D eigenvalue weighted by atomic mass is 9.74. The molecule has 4 aliphatic heterocycles. The quantitative estimate of drug-likeness (QED) is 0.704. The Hall–Kier alpha value is -2.00. The monoisotopic (exact) mass is 403 g/mol. The molecule has 4 fully saturated rings. The molecule has 2 N–H and O–H groups in total. The van der Waals surface area contributed by atoms with Crippen molar-refractivity contribution in [2.45, 2.75) is 44.8 Å². The molecule has 0 aromatic carbocycles. The van der Waals surface area contributed by atoms with Crippen molar-refractivity contribution in [3.8, 4) is 0 Å². The van der Waals surface area contributed by atoms with Gasteiger partial charge in [0.25, 0.3) is 0 Å². The molecule has 1 aromatic heterocycles. The first-order valence-electron chi connectivity index (χ1n) is 10.8. The molecule has 9 nitrogen and oxygen atoms in total. The smallest absolute Gasteiger partial charge is 0.227 e. The highest BCUT2D eigenvalue weighted by atomic mass is 16.2. The molecule has 0 spiro atoms. The predicted molar refractivity (Wildman–Crippen MR) is 107 cm³/mol. The number of amides is 2. The number of carbonyl (C=O) groups is 2. The van der Waals surface area contributed by atoms with E-state index in [4.69, 9.17) is 5.73 Å². The van der Waals surface area contributed by atoms with Crippen LogP contribution in [0.15, 0.2) is 6.20 Å². The summed E-state index contributed by atoms with van der Waals surface area (Å²) in [7, 11) is 4.05. The summed E-state index contributed by atoms with van der Waals surface area (Å²) >= 11 is 0. The molecule has 2 unspecified atom stereocenters. The molecule has 2 amide bonds. The first kappa shape index (κ1) is 20.3. The number of fused-ring (bicyclic) bond motifs is 3. The van der Waals surface area contributed by atoms with Gasteiger partial charge in [-0.25, -0.2) is 0 Å². The minimum absolute atomic E-state index is 0.0740. The lowest BCUT2D eigenvalue weighted by Gasteiger charge is -2.50. The van der Waals surface area contributed by atoms with Gasteiger partial charge in [-0.1, -0.05) is 5.21 Å². The topological polar surface area (TPSA) is 101 Å². The second-order valence-corrected chi connectivity index (χ2v) is 9.21. The maximum atomic E-state index is 13.1. The molecular weight excluding hydrogens is 370 g/mol. The maximum Gasteiger partial charge on any atom is 0.227 e. The van der Waals surface area contributed by atoms with Crippen molar-refractivity contribution in [3.05, 3.63) is 11.9 Å². The summed E-state index contributed by atoms with van der Waals surface area (Å²) in [5.74, 6) is 0.496. The van der Waals surface area contributed by atoms with E-state index in [1.54, 1.807) is 0 Å². The number of rotatable bonds is 6. The van der Waals surface area contributed by atoms with Crippen molar-refractivity contribution in [2.24, 2.45) is 23.5 Å². The normalized spacial score (nSPS) is 30.1. The summed E-state index contributed by atoms with van der Waals surface area (Å²) < 4.78 is 1.95. The number of nitrogens with zero attached hydrogens (tertiary/aromatic N) is 6. The molecule has 4 atom stereocenters. The Balaban J connectivity index is 1.32. The number of hydrogen-bond acceptors (Lipinski definition) is 6. The average molecular weight is 404 g/mol. The Bertz CT molecular complexity index is 741. The summed E-state index contributed by atoms with van der Waals surface area (Å²) in [5.41, 5.74) is 6.41. The first-order valence-corrected chi connectivity index (χ1v) is 10.8. The molecule has 4 aliphatic rings. The van der Waals surface area contributed by atoms with Crippen LogP contribution in [0.2, 0.25) is 0 Å². The Morgan fingerprint density at radius 1 is 1.21 bits per heavy atom. The summed E-state index contributed by atoms with van der Waals surface area (Å²) in [4.78, 5) is 31.0. The summed E-state index contributed by atoms with van der Waals surface area (Å²) in [6.45, 7) is 4.84. The van der Waals surface area contributed by atoms with Gasteiger partial charge in [-0.3, -0.25) is 19.2 Å². The molecule has 0 saturated carbocycles. The zero-order valence-corrected chi connectivity index (χ0v) is 17.5. The second-order valence-electron chi connectivity index (χ2n) is 9.21. The Morgan fingerprint density at radius 3 is 2.59 bits per heavy atom. The van der Waals surface area contributed by atoms with Gasteiger partial charge < -0.3 is 15.5 Å². The minimum atomic E-state index is -0.232. The van der Waals surface area contributed by atoms with Crippen molar-refractivity contribution >= 4 is 11.8 Å². The standard InChI is InChI=1S/C20H33N7O2/c1-24(2)10-16-11-27(23-22-16)12-17-9-15-5-8-26(17)13-18(15)20(29)25-6-3-14(4-7-25)19(21)28/h11,14-15,17-18H,3-10,12-13H2,1-2H3,(H2,21,28)/t15?,17-,18+/m1/s1. The maximum absolute atomic E-state index is 13.1. The van der Waals surface area contributed by atoms with Gasteiger partial charge in [0.15, 0.2) is 0 Å². The lowest BCUT2D eigenvalue weighted by molar-refractivity contribution is -0.146. The largest absolute Gasteiger partial charge is 0.369 e. The van der Waals surface area contributed by atoms with E-state index in [-0.39, 0.29) is 23.7 Å². The van der Waals surface area contributed by atoms with E-state index in [0.29, 0.717) is 37.9 Å². The third kappa shape index (κ3) is 4.45. The number of nitrogens with two attached hydrogens (primary N) is 1. The van der Waals surface area contributed by atoms with E-state index in [1.165, 1.54) is 0 Å². The number of likely N-dealkylation sites (tertiary alicyclic amines) is 1. The van der Waals surface area contributed by atoms with Crippen molar-refractivity contribution in [3.63, 3.8) is 0 Å². The average Bonchev–Trinajstić information content (AvgIpc) is 3.14. The fourth-order valence-electron chi connectivity index (χ4n) is 5.27. The zero-order valence-electron chi connectivity index (χ0n) is 17.5.